The molecule has 0 aliphatic carbocycles. The van der Waals surface area contributed by atoms with Gasteiger partial charge in [-0.2, -0.15) is 5.26 Å². The van der Waals surface area contributed by atoms with E-state index in [1.807, 2.05) is 30.3 Å². The zero-order valence-corrected chi connectivity index (χ0v) is 11.4. The second-order valence-electron chi connectivity index (χ2n) is 4.77. The fourth-order valence-corrected chi connectivity index (χ4v) is 2.38. The van der Waals surface area contributed by atoms with E-state index in [-0.39, 0.29) is 0 Å². The Bertz CT molecular complexity index is 578. The standard InChI is InChI=1S/C18H19N/c1-2-3-4-9-15-10-5-7-12-17(15)18-13-8-6-11-16(18)14-19/h5-8,10-13H,2-4,9H2,1H3. The molecule has 2 aromatic carbocycles. The monoisotopic (exact) mass is 249 g/mol. The summed E-state index contributed by atoms with van der Waals surface area (Å²) in [5.74, 6) is 0. The Morgan fingerprint density at radius 3 is 2.32 bits per heavy atom. The SMILES string of the molecule is CCCCCc1ccccc1-c1ccccc1C#N. The number of nitrogens with zero attached hydrogens (tertiary/aromatic N) is 1. The molecule has 0 aliphatic rings. The van der Waals surface area contributed by atoms with E-state index in [4.69, 9.17) is 0 Å². The third-order valence-corrected chi connectivity index (χ3v) is 3.40. The Morgan fingerprint density at radius 1 is 0.895 bits per heavy atom. The molecule has 0 aromatic heterocycles. The van der Waals surface area contributed by atoms with Crippen molar-refractivity contribution in [3.8, 4) is 17.2 Å². The number of nitriles is 1. The van der Waals surface area contributed by atoms with E-state index in [9.17, 15) is 5.26 Å². The molecule has 0 amide bonds. The average Bonchev–Trinajstić information content (AvgIpc) is 2.48. The quantitative estimate of drug-likeness (QED) is 0.687. The van der Waals surface area contributed by atoms with Crippen molar-refractivity contribution in [2.24, 2.45) is 0 Å². The zero-order chi connectivity index (χ0) is 13.5. The fourth-order valence-electron chi connectivity index (χ4n) is 2.38. The van der Waals surface area contributed by atoms with Crippen molar-refractivity contribution < 1.29 is 0 Å². The average molecular weight is 249 g/mol. The normalized spacial score (nSPS) is 10.1. The van der Waals surface area contributed by atoms with Crippen LogP contribution in [0.1, 0.15) is 37.3 Å². The number of unbranched alkanes of at least 4 members (excludes halogenated alkanes) is 2. The highest BCUT2D eigenvalue weighted by Gasteiger charge is 2.08. The number of hydrogen-bond acceptors (Lipinski definition) is 1. The van der Waals surface area contributed by atoms with Crippen LogP contribution >= 0.6 is 0 Å². The first-order chi connectivity index (χ1) is 9.36. The van der Waals surface area contributed by atoms with Gasteiger partial charge in [0.05, 0.1) is 11.6 Å². The molecule has 0 fully saturated rings. The minimum atomic E-state index is 0.755. The van der Waals surface area contributed by atoms with Gasteiger partial charge < -0.3 is 0 Å². The molecule has 19 heavy (non-hydrogen) atoms. The van der Waals surface area contributed by atoms with Crippen LogP contribution in [0.15, 0.2) is 48.5 Å². The Kier molecular flexibility index (Phi) is 4.75. The van der Waals surface area contributed by atoms with E-state index in [2.05, 4.69) is 31.2 Å². The molecule has 1 nitrogen and oxygen atoms in total. The van der Waals surface area contributed by atoms with E-state index in [1.165, 1.54) is 30.4 Å². The fraction of sp³-hybridized carbons (Fsp3) is 0.278. The molecule has 0 saturated carbocycles. The van der Waals surface area contributed by atoms with Crippen molar-refractivity contribution in [3.63, 3.8) is 0 Å². The number of rotatable bonds is 5. The largest absolute Gasteiger partial charge is 0.192 e. The van der Waals surface area contributed by atoms with Crippen LogP contribution in [-0.4, -0.2) is 0 Å². The molecule has 2 rings (SSSR count). The van der Waals surface area contributed by atoms with Gasteiger partial charge in [-0.1, -0.05) is 62.2 Å². The molecule has 1 heteroatoms. The minimum Gasteiger partial charge on any atom is -0.192 e. The summed E-state index contributed by atoms with van der Waals surface area (Å²) >= 11 is 0. The molecule has 0 N–H and O–H groups in total. The summed E-state index contributed by atoms with van der Waals surface area (Å²) in [4.78, 5) is 0. The molecule has 0 radical (unpaired) electrons. The van der Waals surface area contributed by atoms with Crippen LogP contribution in [0.5, 0.6) is 0 Å². The van der Waals surface area contributed by atoms with Crippen molar-refractivity contribution in [2.45, 2.75) is 32.6 Å². The van der Waals surface area contributed by atoms with Crippen molar-refractivity contribution >= 4 is 0 Å². The predicted octanol–water partition coefficient (Wildman–Crippen LogP) is 4.96. The first kappa shape index (κ1) is 13.4. The van der Waals surface area contributed by atoms with E-state index in [1.54, 1.807) is 0 Å². The lowest BCUT2D eigenvalue weighted by atomic mass is 9.93. The molecule has 0 atom stereocenters. The highest BCUT2D eigenvalue weighted by atomic mass is 14.2. The molecule has 0 bridgehead atoms. The van der Waals surface area contributed by atoms with E-state index < -0.39 is 0 Å². The summed E-state index contributed by atoms with van der Waals surface area (Å²) in [5.41, 5.74) is 4.36. The van der Waals surface area contributed by atoms with Gasteiger partial charge in [0.2, 0.25) is 0 Å². The molecule has 0 aliphatic heterocycles. The van der Waals surface area contributed by atoms with Gasteiger partial charge in [-0.3, -0.25) is 0 Å². The second kappa shape index (κ2) is 6.75. The number of benzene rings is 2. The molecular formula is C18H19N. The van der Waals surface area contributed by atoms with Crippen LogP contribution in [0.25, 0.3) is 11.1 Å². The van der Waals surface area contributed by atoms with Gasteiger partial charge in [0.15, 0.2) is 0 Å². The maximum absolute atomic E-state index is 9.23. The summed E-state index contributed by atoms with van der Waals surface area (Å²) in [7, 11) is 0. The lowest BCUT2D eigenvalue weighted by molar-refractivity contribution is 0.718. The van der Waals surface area contributed by atoms with Gasteiger partial charge in [-0.25, -0.2) is 0 Å². The van der Waals surface area contributed by atoms with Gasteiger partial charge >= 0.3 is 0 Å². The molecule has 0 saturated heterocycles. The summed E-state index contributed by atoms with van der Waals surface area (Å²) in [5, 5.41) is 9.23. The third kappa shape index (κ3) is 3.23. The van der Waals surface area contributed by atoms with Crippen LogP contribution in [0.2, 0.25) is 0 Å². The topological polar surface area (TPSA) is 23.8 Å². The molecule has 0 heterocycles. The maximum Gasteiger partial charge on any atom is 0.0998 e. The van der Waals surface area contributed by atoms with Crippen LogP contribution in [-0.2, 0) is 6.42 Å². The maximum atomic E-state index is 9.23. The number of hydrogen-bond donors (Lipinski definition) is 0. The van der Waals surface area contributed by atoms with Gasteiger partial charge in [0, 0.05) is 0 Å². The van der Waals surface area contributed by atoms with E-state index in [0.29, 0.717) is 0 Å². The van der Waals surface area contributed by atoms with E-state index >= 15 is 0 Å². The Morgan fingerprint density at radius 2 is 1.58 bits per heavy atom. The molecule has 0 spiro atoms. The summed E-state index contributed by atoms with van der Waals surface area (Å²) in [6.45, 7) is 2.22. The first-order valence-electron chi connectivity index (χ1n) is 6.94. The molecule has 96 valence electrons. The third-order valence-electron chi connectivity index (χ3n) is 3.40. The Hall–Kier alpha value is -2.07. The van der Waals surface area contributed by atoms with Gasteiger partial charge in [-0.05, 0) is 35.6 Å². The van der Waals surface area contributed by atoms with Crippen LogP contribution < -0.4 is 0 Å². The minimum absolute atomic E-state index is 0.755. The molecule has 2 aromatic rings. The van der Waals surface area contributed by atoms with Crippen LogP contribution in [0.4, 0.5) is 0 Å². The van der Waals surface area contributed by atoms with Gasteiger partial charge in [0.25, 0.3) is 0 Å². The van der Waals surface area contributed by atoms with Gasteiger partial charge in [-0.15, -0.1) is 0 Å². The van der Waals surface area contributed by atoms with Crippen molar-refractivity contribution in [2.75, 3.05) is 0 Å². The van der Waals surface area contributed by atoms with Crippen molar-refractivity contribution in [1.82, 2.24) is 0 Å². The van der Waals surface area contributed by atoms with Crippen molar-refractivity contribution in [1.29, 1.82) is 5.26 Å². The lowest BCUT2D eigenvalue weighted by Gasteiger charge is -2.10. The van der Waals surface area contributed by atoms with E-state index in [0.717, 1.165) is 17.5 Å². The Balaban J connectivity index is 2.36. The molecular weight excluding hydrogens is 230 g/mol. The summed E-state index contributed by atoms with van der Waals surface area (Å²) < 4.78 is 0. The summed E-state index contributed by atoms with van der Waals surface area (Å²) in [6.07, 6.45) is 4.79. The smallest absolute Gasteiger partial charge is 0.0998 e. The number of aryl methyl sites for hydroxylation is 1. The zero-order valence-electron chi connectivity index (χ0n) is 11.4. The highest BCUT2D eigenvalue weighted by Crippen LogP contribution is 2.27. The highest BCUT2D eigenvalue weighted by molar-refractivity contribution is 5.73. The van der Waals surface area contributed by atoms with Crippen LogP contribution in [0, 0.1) is 11.3 Å². The van der Waals surface area contributed by atoms with Gasteiger partial charge in [0.1, 0.15) is 0 Å². The molecule has 0 unspecified atom stereocenters. The first-order valence-corrected chi connectivity index (χ1v) is 6.94. The Labute approximate surface area is 115 Å². The van der Waals surface area contributed by atoms with Crippen molar-refractivity contribution in [3.05, 3.63) is 59.7 Å². The predicted molar refractivity (Wildman–Crippen MR) is 79.8 cm³/mol. The van der Waals surface area contributed by atoms with Crippen LogP contribution in [0.3, 0.4) is 0 Å². The lowest BCUT2D eigenvalue weighted by Crippen LogP contribution is -1.92. The second-order valence-corrected chi connectivity index (χ2v) is 4.77. The summed E-state index contributed by atoms with van der Waals surface area (Å²) in [6, 6.07) is 18.6.